The molecule has 0 saturated heterocycles. The van der Waals surface area contributed by atoms with Crippen LogP contribution in [0.1, 0.15) is 65.1 Å². The Morgan fingerprint density at radius 1 is 1.19 bits per heavy atom. The van der Waals surface area contributed by atoms with E-state index >= 15 is 0 Å². The van der Waals surface area contributed by atoms with Crippen LogP contribution in [0.25, 0.3) is 0 Å². The normalized spacial score (nSPS) is 23.0. The average Bonchev–Trinajstić information content (AvgIpc) is 3.12. The highest BCUT2D eigenvalue weighted by Crippen LogP contribution is 2.38. The Kier molecular flexibility index (Phi) is 4.46. The summed E-state index contributed by atoms with van der Waals surface area (Å²) in [6, 6.07) is 8.83. The highest BCUT2D eigenvalue weighted by molar-refractivity contribution is 5.81. The van der Waals surface area contributed by atoms with E-state index in [0.29, 0.717) is 11.8 Å². The van der Waals surface area contributed by atoms with Crippen molar-refractivity contribution in [3.05, 3.63) is 35.4 Å². The van der Waals surface area contributed by atoms with E-state index in [4.69, 9.17) is 0 Å². The standard InChI is InChI=1S/C19H29NO/c1-12(2)17(20-18(21)16-11-13(16)3)14-7-9-15(10-8-14)19(4,5)6/h7-10,12-13,16-17H,11H2,1-6H3,(H,20,21)/t13-,16-,17+/m1/s1. The van der Waals surface area contributed by atoms with E-state index in [9.17, 15) is 4.79 Å². The van der Waals surface area contributed by atoms with Crippen molar-refractivity contribution in [1.29, 1.82) is 0 Å². The molecule has 3 atom stereocenters. The topological polar surface area (TPSA) is 29.1 Å². The second-order valence-electron chi connectivity index (χ2n) is 7.92. The van der Waals surface area contributed by atoms with Crippen LogP contribution in [0.15, 0.2) is 24.3 Å². The minimum Gasteiger partial charge on any atom is -0.349 e. The molecule has 2 heteroatoms. The third-order valence-corrected chi connectivity index (χ3v) is 4.55. The second kappa shape index (κ2) is 5.82. The number of carbonyl (C=O) groups is 1. The van der Waals surface area contributed by atoms with E-state index < -0.39 is 0 Å². The number of amides is 1. The first kappa shape index (κ1) is 16.1. The molecule has 0 bridgehead atoms. The van der Waals surface area contributed by atoms with Crippen LogP contribution in [0.3, 0.4) is 0 Å². The van der Waals surface area contributed by atoms with E-state index in [1.807, 2.05) is 0 Å². The van der Waals surface area contributed by atoms with E-state index in [-0.39, 0.29) is 23.3 Å². The number of rotatable bonds is 4. The van der Waals surface area contributed by atoms with Crippen LogP contribution in [0.4, 0.5) is 0 Å². The monoisotopic (exact) mass is 287 g/mol. The van der Waals surface area contributed by atoms with Gasteiger partial charge in [0.2, 0.25) is 5.91 Å². The molecule has 1 aliphatic rings. The quantitative estimate of drug-likeness (QED) is 0.870. The summed E-state index contributed by atoms with van der Waals surface area (Å²) in [5.74, 6) is 1.41. The molecule has 0 spiro atoms. The van der Waals surface area contributed by atoms with Crippen LogP contribution in [0.5, 0.6) is 0 Å². The van der Waals surface area contributed by atoms with E-state index in [1.54, 1.807) is 0 Å². The lowest BCUT2D eigenvalue weighted by Gasteiger charge is -2.25. The predicted octanol–water partition coefficient (Wildman–Crippen LogP) is 4.45. The molecule has 1 aromatic carbocycles. The highest BCUT2D eigenvalue weighted by atomic mass is 16.2. The van der Waals surface area contributed by atoms with Gasteiger partial charge in [0.25, 0.3) is 0 Å². The van der Waals surface area contributed by atoms with Gasteiger partial charge >= 0.3 is 0 Å². The molecule has 1 aliphatic carbocycles. The lowest BCUT2D eigenvalue weighted by molar-refractivity contribution is -0.123. The summed E-state index contributed by atoms with van der Waals surface area (Å²) in [5.41, 5.74) is 2.70. The van der Waals surface area contributed by atoms with Crippen molar-refractivity contribution in [1.82, 2.24) is 5.32 Å². The highest BCUT2D eigenvalue weighted by Gasteiger charge is 2.40. The molecule has 2 rings (SSSR count). The van der Waals surface area contributed by atoms with Crippen LogP contribution in [0.2, 0.25) is 0 Å². The summed E-state index contributed by atoms with van der Waals surface area (Å²) >= 11 is 0. The Labute approximate surface area is 129 Å². The van der Waals surface area contributed by atoms with Gasteiger partial charge in [0.15, 0.2) is 0 Å². The van der Waals surface area contributed by atoms with Gasteiger partial charge in [-0.05, 0) is 34.8 Å². The molecule has 1 fully saturated rings. The lowest BCUT2D eigenvalue weighted by Crippen LogP contribution is -2.33. The molecular formula is C19H29NO. The molecule has 0 aliphatic heterocycles. The van der Waals surface area contributed by atoms with Crippen molar-refractivity contribution in [3.8, 4) is 0 Å². The van der Waals surface area contributed by atoms with Crippen LogP contribution in [-0.2, 0) is 10.2 Å². The van der Waals surface area contributed by atoms with Crippen molar-refractivity contribution >= 4 is 5.91 Å². The zero-order valence-corrected chi connectivity index (χ0v) is 14.2. The number of nitrogens with one attached hydrogen (secondary N) is 1. The summed E-state index contributed by atoms with van der Waals surface area (Å²) in [6.45, 7) is 13.1. The molecule has 0 radical (unpaired) electrons. The van der Waals surface area contributed by atoms with Gasteiger partial charge < -0.3 is 5.32 Å². The van der Waals surface area contributed by atoms with Crippen molar-refractivity contribution in [3.63, 3.8) is 0 Å². The fourth-order valence-corrected chi connectivity index (χ4v) is 2.77. The summed E-state index contributed by atoms with van der Waals surface area (Å²) in [6.07, 6.45) is 1.04. The SMILES string of the molecule is CC(C)[C@H](NC(=O)[C@@H]1C[C@H]1C)c1ccc(C(C)(C)C)cc1. The molecule has 1 saturated carbocycles. The van der Waals surface area contributed by atoms with Gasteiger partial charge in [-0.15, -0.1) is 0 Å². The fourth-order valence-electron chi connectivity index (χ4n) is 2.77. The zero-order valence-electron chi connectivity index (χ0n) is 14.2. The molecule has 0 heterocycles. The van der Waals surface area contributed by atoms with E-state index in [0.717, 1.165) is 6.42 Å². The molecule has 1 aromatic rings. The smallest absolute Gasteiger partial charge is 0.223 e. The van der Waals surface area contributed by atoms with Gasteiger partial charge in [0.05, 0.1) is 6.04 Å². The average molecular weight is 287 g/mol. The van der Waals surface area contributed by atoms with E-state index in [2.05, 4.69) is 71.1 Å². The van der Waals surface area contributed by atoms with Gasteiger partial charge in [0, 0.05) is 5.92 Å². The summed E-state index contributed by atoms with van der Waals surface area (Å²) in [4.78, 5) is 12.2. The van der Waals surface area contributed by atoms with E-state index in [1.165, 1.54) is 11.1 Å². The predicted molar refractivity (Wildman–Crippen MR) is 88.1 cm³/mol. The third-order valence-electron chi connectivity index (χ3n) is 4.55. The van der Waals surface area contributed by atoms with Crippen LogP contribution in [-0.4, -0.2) is 5.91 Å². The number of hydrogen-bond acceptors (Lipinski definition) is 1. The first-order valence-electron chi connectivity index (χ1n) is 8.11. The number of carbonyl (C=O) groups excluding carboxylic acids is 1. The maximum Gasteiger partial charge on any atom is 0.223 e. The first-order valence-corrected chi connectivity index (χ1v) is 8.11. The zero-order chi connectivity index (χ0) is 15.8. The van der Waals surface area contributed by atoms with Gasteiger partial charge in [0.1, 0.15) is 0 Å². The molecule has 0 aromatic heterocycles. The molecule has 0 unspecified atom stereocenters. The van der Waals surface area contributed by atoms with Crippen molar-refractivity contribution < 1.29 is 4.79 Å². The largest absolute Gasteiger partial charge is 0.349 e. The summed E-state index contributed by atoms with van der Waals surface area (Å²) in [7, 11) is 0. The maximum atomic E-state index is 12.2. The molecule has 2 nitrogen and oxygen atoms in total. The first-order chi connectivity index (χ1) is 9.70. The van der Waals surface area contributed by atoms with Crippen molar-refractivity contribution in [2.24, 2.45) is 17.8 Å². The maximum absolute atomic E-state index is 12.2. The Bertz CT molecular complexity index is 495. The molecule has 1 amide bonds. The molecule has 116 valence electrons. The summed E-state index contributed by atoms with van der Waals surface area (Å²) in [5, 5.41) is 3.24. The fraction of sp³-hybridized carbons (Fsp3) is 0.632. The van der Waals surface area contributed by atoms with Crippen molar-refractivity contribution in [2.45, 2.75) is 59.4 Å². The minimum absolute atomic E-state index is 0.110. The Morgan fingerprint density at radius 3 is 2.10 bits per heavy atom. The molecule has 21 heavy (non-hydrogen) atoms. The van der Waals surface area contributed by atoms with Crippen LogP contribution >= 0.6 is 0 Å². The Morgan fingerprint density at radius 2 is 1.71 bits per heavy atom. The van der Waals surface area contributed by atoms with Crippen LogP contribution < -0.4 is 5.32 Å². The van der Waals surface area contributed by atoms with Gasteiger partial charge in [-0.1, -0.05) is 65.8 Å². The molecule has 1 N–H and O–H groups in total. The minimum atomic E-state index is 0.110. The van der Waals surface area contributed by atoms with Crippen molar-refractivity contribution in [2.75, 3.05) is 0 Å². The summed E-state index contributed by atoms with van der Waals surface area (Å²) < 4.78 is 0. The van der Waals surface area contributed by atoms with Gasteiger partial charge in [-0.25, -0.2) is 0 Å². The van der Waals surface area contributed by atoms with Crippen LogP contribution in [0, 0.1) is 17.8 Å². The number of benzene rings is 1. The number of hydrogen-bond donors (Lipinski definition) is 1. The Hall–Kier alpha value is -1.31. The van der Waals surface area contributed by atoms with Gasteiger partial charge in [-0.3, -0.25) is 4.79 Å². The third kappa shape index (κ3) is 3.87. The Balaban J connectivity index is 2.13. The van der Waals surface area contributed by atoms with Gasteiger partial charge in [-0.2, -0.15) is 0 Å². The lowest BCUT2D eigenvalue weighted by atomic mass is 9.85. The second-order valence-corrected chi connectivity index (χ2v) is 7.92. The molecular weight excluding hydrogens is 258 g/mol.